The van der Waals surface area contributed by atoms with E-state index in [1.165, 1.54) is 24.7 Å². The Labute approximate surface area is 129 Å². The zero-order chi connectivity index (χ0) is 16.9. The van der Waals surface area contributed by atoms with Gasteiger partial charge in [0.1, 0.15) is 5.82 Å². The van der Waals surface area contributed by atoms with Crippen LogP contribution < -0.4 is 10.6 Å². The summed E-state index contributed by atoms with van der Waals surface area (Å²) in [5.74, 6) is 2.66. The SMILES string of the molecule is C#Cc1ccnc(NC(=O)Nc2cnn(CCC(F)(F)F)c2)c1. The van der Waals surface area contributed by atoms with Gasteiger partial charge >= 0.3 is 12.2 Å². The molecule has 120 valence electrons. The minimum atomic E-state index is -4.26. The number of carbonyl (C=O) groups is 1. The Bertz CT molecular complexity index is 732. The molecule has 0 aliphatic carbocycles. The summed E-state index contributed by atoms with van der Waals surface area (Å²) in [5.41, 5.74) is 0.813. The molecular formula is C14H12F3N5O. The molecule has 2 heterocycles. The lowest BCUT2D eigenvalue weighted by Gasteiger charge is -2.06. The summed E-state index contributed by atoms with van der Waals surface area (Å²) in [6, 6.07) is 2.50. The number of aromatic nitrogens is 3. The minimum absolute atomic E-state index is 0.252. The number of aryl methyl sites for hydroxylation is 1. The first kappa shape index (κ1) is 16.4. The average Bonchev–Trinajstić information content (AvgIpc) is 2.92. The molecule has 0 atom stereocenters. The molecule has 2 aromatic rings. The number of nitrogens with one attached hydrogen (secondary N) is 2. The number of amides is 2. The lowest BCUT2D eigenvalue weighted by atomic mass is 10.3. The van der Waals surface area contributed by atoms with Gasteiger partial charge in [0, 0.05) is 24.5 Å². The highest BCUT2D eigenvalue weighted by atomic mass is 19.4. The van der Waals surface area contributed by atoms with Gasteiger partial charge < -0.3 is 5.32 Å². The molecule has 2 aromatic heterocycles. The van der Waals surface area contributed by atoms with Crippen LogP contribution in [-0.4, -0.2) is 27.0 Å². The number of hydrogen-bond donors (Lipinski definition) is 2. The second-order valence-electron chi connectivity index (χ2n) is 4.51. The van der Waals surface area contributed by atoms with Gasteiger partial charge in [0.2, 0.25) is 0 Å². The molecule has 2 rings (SSSR count). The summed E-state index contributed by atoms with van der Waals surface area (Å²) in [6.07, 6.45) is 3.98. The van der Waals surface area contributed by atoms with Crippen molar-refractivity contribution in [3.05, 3.63) is 36.3 Å². The van der Waals surface area contributed by atoms with E-state index in [1.54, 1.807) is 6.07 Å². The van der Waals surface area contributed by atoms with Gasteiger partial charge in [-0.3, -0.25) is 10.00 Å². The second-order valence-corrected chi connectivity index (χ2v) is 4.51. The number of urea groups is 1. The summed E-state index contributed by atoms with van der Waals surface area (Å²) in [5, 5.41) is 8.63. The fourth-order valence-electron chi connectivity index (χ4n) is 1.66. The molecule has 0 aromatic carbocycles. The van der Waals surface area contributed by atoms with Gasteiger partial charge in [-0.05, 0) is 12.1 Å². The molecule has 0 saturated carbocycles. The first-order valence-corrected chi connectivity index (χ1v) is 6.45. The second kappa shape index (κ2) is 6.83. The normalized spacial score (nSPS) is 10.9. The number of halogens is 3. The van der Waals surface area contributed by atoms with E-state index in [2.05, 4.69) is 26.6 Å². The van der Waals surface area contributed by atoms with Crippen molar-refractivity contribution in [3.8, 4) is 12.3 Å². The van der Waals surface area contributed by atoms with Gasteiger partial charge in [-0.15, -0.1) is 6.42 Å². The number of carbonyl (C=O) groups excluding carboxylic acids is 1. The monoisotopic (exact) mass is 323 g/mol. The maximum atomic E-state index is 12.1. The molecule has 2 N–H and O–H groups in total. The molecular weight excluding hydrogens is 311 g/mol. The smallest absolute Gasteiger partial charge is 0.305 e. The van der Waals surface area contributed by atoms with Crippen LogP contribution in [0.3, 0.4) is 0 Å². The van der Waals surface area contributed by atoms with Gasteiger partial charge in [0.05, 0.1) is 18.3 Å². The van der Waals surface area contributed by atoms with E-state index in [-0.39, 0.29) is 18.1 Å². The predicted octanol–water partition coefficient (Wildman–Crippen LogP) is 2.86. The number of alkyl halides is 3. The standard InChI is InChI=1S/C14H12F3N5O/c1-2-10-3-5-18-12(7-10)21-13(23)20-11-8-19-22(9-11)6-4-14(15,16)17/h1,3,5,7-9H,4,6H2,(H2,18,20,21,23). The van der Waals surface area contributed by atoms with Gasteiger partial charge in [0.15, 0.2) is 0 Å². The quantitative estimate of drug-likeness (QED) is 0.850. The van der Waals surface area contributed by atoms with E-state index in [9.17, 15) is 18.0 Å². The van der Waals surface area contributed by atoms with Crippen molar-refractivity contribution in [2.75, 3.05) is 10.6 Å². The van der Waals surface area contributed by atoms with Crippen molar-refractivity contribution in [3.63, 3.8) is 0 Å². The van der Waals surface area contributed by atoms with E-state index < -0.39 is 18.6 Å². The fraction of sp³-hybridized carbons (Fsp3) is 0.214. The van der Waals surface area contributed by atoms with Crippen molar-refractivity contribution >= 4 is 17.5 Å². The van der Waals surface area contributed by atoms with Crippen LogP contribution in [0.15, 0.2) is 30.7 Å². The van der Waals surface area contributed by atoms with Crippen LogP contribution in [0.2, 0.25) is 0 Å². The minimum Gasteiger partial charge on any atom is -0.305 e. The summed E-state index contributed by atoms with van der Waals surface area (Å²) >= 11 is 0. The summed E-state index contributed by atoms with van der Waals surface area (Å²) in [7, 11) is 0. The maximum Gasteiger partial charge on any atom is 0.390 e. The molecule has 0 aliphatic heterocycles. The van der Waals surface area contributed by atoms with Crippen molar-refractivity contribution in [2.45, 2.75) is 19.1 Å². The van der Waals surface area contributed by atoms with Gasteiger partial charge in [-0.1, -0.05) is 5.92 Å². The number of nitrogens with zero attached hydrogens (tertiary/aromatic N) is 3. The fourth-order valence-corrected chi connectivity index (χ4v) is 1.66. The van der Waals surface area contributed by atoms with Crippen LogP contribution in [0.25, 0.3) is 0 Å². The molecule has 0 radical (unpaired) electrons. The zero-order valence-electron chi connectivity index (χ0n) is 11.8. The molecule has 23 heavy (non-hydrogen) atoms. The topological polar surface area (TPSA) is 71.8 Å². The molecule has 0 spiro atoms. The van der Waals surface area contributed by atoms with Crippen molar-refractivity contribution in [1.29, 1.82) is 0 Å². The molecule has 0 fully saturated rings. The highest BCUT2D eigenvalue weighted by Gasteiger charge is 2.26. The van der Waals surface area contributed by atoms with E-state index in [0.29, 0.717) is 5.56 Å². The highest BCUT2D eigenvalue weighted by molar-refractivity contribution is 5.99. The Balaban J connectivity index is 1.90. The van der Waals surface area contributed by atoms with Crippen LogP contribution >= 0.6 is 0 Å². The molecule has 2 amide bonds. The molecule has 0 aliphatic rings. The average molecular weight is 323 g/mol. The Morgan fingerprint density at radius 1 is 1.39 bits per heavy atom. The van der Waals surface area contributed by atoms with Crippen molar-refractivity contribution in [2.24, 2.45) is 0 Å². The molecule has 6 nitrogen and oxygen atoms in total. The van der Waals surface area contributed by atoms with Crippen LogP contribution in [0, 0.1) is 12.3 Å². The lowest BCUT2D eigenvalue weighted by Crippen LogP contribution is -2.19. The van der Waals surface area contributed by atoms with Crippen LogP contribution in [-0.2, 0) is 6.54 Å². The van der Waals surface area contributed by atoms with E-state index in [0.717, 1.165) is 4.68 Å². The lowest BCUT2D eigenvalue weighted by molar-refractivity contribution is -0.137. The van der Waals surface area contributed by atoms with Crippen LogP contribution in [0.1, 0.15) is 12.0 Å². The number of hydrogen-bond acceptors (Lipinski definition) is 3. The Morgan fingerprint density at radius 2 is 2.17 bits per heavy atom. The maximum absolute atomic E-state index is 12.1. The summed E-state index contributed by atoms with van der Waals surface area (Å²) in [4.78, 5) is 15.7. The summed E-state index contributed by atoms with van der Waals surface area (Å²) in [6.45, 7) is -0.321. The molecule has 0 bridgehead atoms. The van der Waals surface area contributed by atoms with Crippen LogP contribution in [0.5, 0.6) is 0 Å². The van der Waals surface area contributed by atoms with E-state index >= 15 is 0 Å². The highest BCUT2D eigenvalue weighted by Crippen LogP contribution is 2.20. The zero-order valence-corrected chi connectivity index (χ0v) is 11.8. The molecule has 9 heteroatoms. The van der Waals surface area contributed by atoms with Crippen molar-refractivity contribution < 1.29 is 18.0 Å². The molecule has 0 saturated heterocycles. The third kappa shape index (κ3) is 5.35. The summed E-state index contributed by atoms with van der Waals surface area (Å²) < 4.78 is 37.5. The van der Waals surface area contributed by atoms with Crippen molar-refractivity contribution in [1.82, 2.24) is 14.8 Å². The first-order chi connectivity index (χ1) is 10.9. The van der Waals surface area contributed by atoms with Crippen LogP contribution in [0.4, 0.5) is 29.5 Å². The number of rotatable bonds is 4. The molecule has 0 unspecified atom stereocenters. The van der Waals surface area contributed by atoms with Gasteiger partial charge in [0.25, 0.3) is 0 Å². The predicted molar refractivity (Wildman–Crippen MR) is 77.7 cm³/mol. The Kier molecular flexibility index (Phi) is 4.85. The Hall–Kier alpha value is -3.02. The van der Waals surface area contributed by atoms with E-state index in [1.807, 2.05) is 0 Å². The van der Waals surface area contributed by atoms with Gasteiger partial charge in [-0.2, -0.15) is 18.3 Å². The Morgan fingerprint density at radius 3 is 2.87 bits per heavy atom. The largest absolute Gasteiger partial charge is 0.390 e. The third-order valence-electron chi connectivity index (χ3n) is 2.68. The number of pyridine rings is 1. The van der Waals surface area contributed by atoms with E-state index in [4.69, 9.17) is 6.42 Å². The number of anilines is 2. The first-order valence-electron chi connectivity index (χ1n) is 6.45. The number of terminal acetylenes is 1. The van der Waals surface area contributed by atoms with Gasteiger partial charge in [-0.25, -0.2) is 9.78 Å². The third-order valence-corrected chi connectivity index (χ3v) is 2.68.